The van der Waals surface area contributed by atoms with Crippen molar-refractivity contribution in [2.45, 2.75) is 252 Å². The van der Waals surface area contributed by atoms with E-state index in [1.807, 2.05) is 0 Å². The summed E-state index contributed by atoms with van der Waals surface area (Å²) < 4.78 is 16.6. The molecule has 0 spiro atoms. The molecular weight excluding hydrogens is 673 g/mol. The summed E-state index contributed by atoms with van der Waals surface area (Å²) in [6.45, 7) is 6.54. The molecule has 0 saturated heterocycles. The van der Waals surface area contributed by atoms with Crippen molar-refractivity contribution >= 4 is 17.9 Å². The predicted octanol–water partition coefficient (Wildman–Crippen LogP) is 14.8. The number of esters is 3. The Morgan fingerprint density at radius 3 is 0.926 bits per heavy atom. The number of allylic oxidation sites excluding steroid dienone is 4. The summed E-state index contributed by atoms with van der Waals surface area (Å²) in [6, 6.07) is 0. The lowest BCUT2D eigenvalue weighted by Crippen LogP contribution is -2.30. The summed E-state index contributed by atoms with van der Waals surface area (Å²) in [6.07, 6.45) is 47.6. The van der Waals surface area contributed by atoms with Crippen LogP contribution in [0, 0.1) is 0 Å². The van der Waals surface area contributed by atoms with Crippen LogP contribution >= 0.6 is 0 Å². The van der Waals surface area contributed by atoms with Crippen molar-refractivity contribution in [3.05, 3.63) is 24.3 Å². The molecule has 1 atom stereocenters. The number of hydrogen-bond acceptors (Lipinski definition) is 6. The number of hydrogen-bond donors (Lipinski definition) is 0. The maximum atomic E-state index is 12.7. The Balaban J connectivity index is 4.22. The van der Waals surface area contributed by atoms with Gasteiger partial charge in [-0.1, -0.05) is 180 Å². The zero-order valence-electron chi connectivity index (χ0n) is 36.0. The van der Waals surface area contributed by atoms with E-state index in [4.69, 9.17) is 14.2 Å². The number of ether oxygens (including phenoxy) is 3. The maximum absolute atomic E-state index is 12.7. The molecule has 0 aromatic heterocycles. The third-order valence-corrected chi connectivity index (χ3v) is 10.2. The Hall–Kier alpha value is -2.11. The Labute approximate surface area is 334 Å². The summed E-state index contributed by atoms with van der Waals surface area (Å²) in [7, 11) is 0. The topological polar surface area (TPSA) is 78.9 Å². The fourth-order valence-electron chi connectivity index (χ4n) is 6.61. The van der Waals surface area contributed by atoms with Gasteiger partial charge >= 0.3 is 17.9 Å². The van der Waals surface area contributed by atoms with Crippen LogP contribution < -0.4 is 0 Å². The van der Waals surface area contributed by atoms with Gasteiger partial charge in [-0.2, -0.15) is 0 Å². The fraction of sp³-hybridized carbons (Fsp3) is 0.854. The summed E-state index contributed by atoms with van der Waals surface area (Å²) in [5.41, 5.74) is 0. The van der Waals surface area contributed by atoms with Gasteiger partial charge in [0, 0.05) is 19.3 Å². The van der Waals surface area contributed by atoms with Crippen molar-refractivity contribution in [3.63, 3.8) is 0 Å². The highest BCUT2D eigenvalue weighted by Crippen LogP contribution is 2.14. The second-order valence-electron chi connectivity index (χ2n) is 15.7. The first-order valence-electron chi connectivity index (χ1n) is 23.3. The monoisotopic (exact) mass is 761 g/mol. The van der Waals surface area contributed by atoms with Crippen molar-refractivity contribution in [2.24, 2.45) is 0 Å². The lowest BCUT2D eigenvalue weighted by Gasteiger charge is -2.18. The Kier molecular flexibility index (Phi) is 41.9. The summed E-state index contributed by atoms with van der Waals surface area (Å²) in [4.78, 5) is 37.5. The fourth-order valence-corrected chi connectivity index (χ4v) is 6.61. The van der Waals surface area contributed by atoms with Crippen LogP contribution in [-0.2, 0) is 28.6 Å². The first-order valence-corrected chi connectivity index (χ1v) is 23.3. The molecule has 0 bridgehead atoms. The van der Waals surface area contributed by atoms with E-state index in [2.05, 4.69) is 45.1 Å². The minimum Gasteiger partial charge on any atom is -0.462 e. The number of unbranched alkanes of at least 4 members (excludes halogenated alkanes) is 27. The predicted molar refractivity (Wildman–Crippen MR) is 229 cm³/mol. The van der Waals surface area contributed by atoms with Crippen LogP contribution in [0.25, 0.3) is 0 Å². The summed E-state index contributed by atoms with van der Waals surface area (Å²) in [5.74, 6) is -0.902. The SMILES string of the molecule is CCCCCCCC/C=C\CCCCCCCC(=O)OC(COC(=O)CCCCCCC)COC(=O)CCCCCCC/C=C\CCCCCCCCC. The first kappa shape index (κ1) is 51.9. The molecule has 0 saturated carbocycles. The van der Waals surface area contributed by atoms with Crippen LogP contribution in [-0.4, -0.2) is 37.2 Å². The van der Waals surface area contributed by atoms with Crippen molar-refractivity contribution in [2.75, 3.05) is 13.2 Å². The molecule has 0 N–H and O–H groups in total. The average molecular weight is 761 g/mol. The third kappa shape index (κ3) is 41.1. The first-order chi connectivity index (χ1) is 26.5. The van der Waals surface area contributed by atoms with Gasteiger partial charge in [0.25, 0.3) is 0 Å². The van der Waals surface area contributed by atoms with Crippen LogP contribution in [0.15, 0.2) is 24.3 Å². The largest absolute Gasteiger partial charge is 0.462 e. The molecule has 0 aliphatic rings. The van der Waals surface area contributed by atoms with E-state index in [9.17, 15) is 14.4 Å². The molecule has 0 aliphatic carbocycles. The lowest BCUT2D eigenvalue weighted by molar-refractivity contribution is -0.167. The molecule has 6 nitrogen and oxygen atoms in total. The van der Waals surface area contributed by atoms with Crippen LogP contribution in [0.1, 0.15) is 245 Å². The van der Waals surface area contributed by atoms with Crippen LogP contribution in [0.4, 0.5) is 0 Å². The number of carbonyl (C=O) groups is 3. The van der Waals surface area contributed by atoms with Gasteiger partial charge in [0.2, 0.25) is 0 Å². The highest BCUT2D eigenvalue weighted by atomic mass is 16.6. The number of rotatable bonds is 42. The molecule has 0 heterocycles. The van der Waals surface area contributed by atoms with Gasteiger partial charge in [-0.3, -0.25) is 14.4 Å². The summed E-state index contributed by atoms with van der Waals surface area (Å²) >= 11 is 0. The van der Waals surface area contributed by atoms with E-state index in [-0.39, 0.29) is 31.1 Å². The van der Waals surface area contributed by atoms with Crippen LogP contribution in [0.3, 0.4) is 0 Å². The minimum absolute atomic E-state index is 0.0767. The molecule has 0 amide bonds. The van der Waals surface area contributed by atoms with E-state index in [1.54, 1.807) is 0 Å². The standard InChI is InChI=1S/C48H88O6/c1-4-7-10-13-15-17-19-21-23-25-26-28-30-32-35-38-41-47(50)53-44-45(43-52-46(49)40-37-34-12-9-6-3)54-48(51)42-39-36-33-31-29-27-24-22-20-18-16-14-11-8-5-2/h22-25,45H,4-21,26-44H2,1-3H3/b24-22-,25-23-. The maximum Gasteiger partial charge on any atom is 0.306 e. The zero-order chi connectivity index (χ0) is 39.4. The van der Waals surface area contributed by atoms with Gasteiger partial charge in [-0.15, -0.1) is 0 Å². The van der Waals surface area contributed by atoms with E-state index >= 15 is 0 Å². The quantitative estimate of drug-likeness (QED) is 0.0267. The molecule has 0 aliphatic heterocycles. The Bertz CT molecular complexity index is 880. The van der Waals surface area contributed by atoms with E-state index in [0.29, 0.717) is 19.3 Å². The minimum atomic E-state index is -0.771. The third-order valence-electron chi connectivity index (χ3n) is 10.2. The molecule has 0 rings (SSSR count). The number of carbonyl (C=O) groups excluding carboxylic acids is 3. The Morgan fingerprint density at radius 2 is 0.611 bits per heavy atom. The highest BCUT2D eigenvalue weighted by Gasteiger charge is 2.19. The normalized spacial score (nSPS) is 12.1. The molecule has 0 fully saturated rings. The zero-order valence-corrected chi connectivity index (χ0v) is 36.0. The van der Waals surface area contributed by atoms with E-state index < -0.39 is 6.10 Å². The van der Waals surface area contributed by atoms with Gasteiger partial charge in [0.05, 0.1) is 0 Å². The van der Waals surface area contributed by atoms with Crippen molar-refractivity contribution in [1.82, 2.24) is 0 Å². The molecule has 0 aromatic rings. The van der Waals surface area contributed by atoms with E-state index in [1.165, 1.54) is 128 Å². The van der Waals surface area contributed by atoms with Gasteiger partial charge in [-0.05, 0) is 70.6 Å². The molecule has 0 radical (unpaired) electrons. The molecule has 0 aromatic carbocycles. The van der Waals surface area contributed by atoms with Crippen LogP contribution in [0.5, 0.6) is 0 Å². The molecule has 1 unspecified atom stereocenters. The second-order valence-corrected chi connectivity index (χ2v) is 15.7. The van der Waals surface area contributed by atoms with Gasteiger partial charge in [0.1, 0.15) is 13.2 Å². The van der Waals surface area contributed by atoms with Gasteiger partial charge < -0.3 is 14.2 Å². The van der Waals surface area contributed by atoms with Gasteiger partial charge in [0.15, 0.2) is 6.10 Å². The lowest BCUT2D eigenvalue weighted by atomic mass is 10.1. The summed E-state index contributed by atoms with van der Waals surface area (Å²) in [5, 5.41) is 0. The molecule has 6 heteroatoms. The van der Waals surface area contributed by atoms with Crippen molar-refractivity contribution in [1.29, 1.82) is 0 Å². The smallest absolute Gasteiger partial charge is 0.306 e. The van der Waals surface area contributed by atoms with Crippen molar-refractivity contribution < 1.29 is 28.6 Å². The molecule has 54 heavy (non-hydrogen) atoms. The Morgan fingerprint density at radius 1 is 0.352 bits per heavy atom. The second kappa shape index (κ2) is 43.6. The van der Waals surface area contributed by atoms with E-state index in [0.717, 1.165) is 77.0 Å². The van der Waals surface area contributed by atoms with Crippen LogP contribution in [0.2, 0.25) is 0 Å². The average Bonchev–Trinajstić information content (AvgIpc) is 3.17. The van der Waals surface area contributed by atoms with Gasteiger partial charge in [-0.25, -0.2) is 0 Å². The molecule has 316 valence electrons. The highest BCUT2D eigenvalue weighted by molar-refractivity contribution is 5.71. The molecular formula is C48H88O6. The van der Waals surface area contributed by atoms with Crippen molar-refractivity contribution in [3.8, 4) is 0 Å².